The fourth-order valence-electron chi connectivity index (χ4n) is 7.03. The molecule has 2 aromatic rings. The highest BCUT2D eigenvalue weighted by atomic mass is 16.6. The van der Waals surface area contributed by atoms with Gasteiger partial charge in [0, 0.05) is 37.6 Å². The van der Waals surface area contributed by atoms with E-state index in [4.69, 9.17) is 34.6 Å². The summed E-state index contributed by atoms with van der Waals surface area (Å²) in [4.78, 5) is 50.8. The second-order valence-corrected chi connectivity index (χ2v) is 15.4. The fraction of sp³-hybridized carbons (Fsp3) is 0.600. The van der Waals surface area contributed by atoms with Gasteiger partial charge >= 0.3 is 24.0 Å². The average Bonchev–Trinajstić information content (AvgIpc) is 3.89. The first kappa shape index (κ1) is 43.4. The topological polar surface area (TPSA) is 183 Å². The summed E-state index contributed by atoms with van der Waals surface area (Å²) in [6.45, 7) is 9.77. The Bertz CT molecular complexity index is 1470. The largest absolute Gasteiger partial charge is 0.479 e. The predicted octanol–water partition coefficient (Wildman–Crippen LogP) is 4.94. The van der Waals surface area contributed by atoms with Crippen LogP contribution in [0, 0.1) is 10.8 Å². The number of aliphatic hydroxyl groups is 2. The van der Waals surface area contributed by atoms with Crippen molar-refractivity contribution < 1.29 is 53.8 Å². The second kappa shape index (κ2) is 18.8. The number of methoxy groups -OCH3 is 1. The van der Waals surface area contributed by atoms with Crippen LogP contribution in [0.4, 0.5) is 4.79 Å². The van der Waals surface area contributed by atoms with Crippen LogP contribution < -0.4 is 0 Å². The van der Waals surface area contributed by atoms with Crippen LogP contribution in [0.5, 0.6) is 0 Å². The molecule has 1 saturated heterocycles. The van der Waals surface area contributed by atoms with Gasteiger partial charge < -0.3 is 44.4 Å². The van der Waals surface area contributed by atoms with E-state index in [9.17, 15) is 19.2 Å². The second-order valence-electron chi connectivity index (χ2n) is 15.4. The summed E-state index contributed by atoms with van der Waals surface area (Å²) in [5.74, 6) is -3.27. The van der Waals surface area contributed by atoms with Gasteiger partial charge in [0.05, 0.1) is 12.0 Å². The standard InChI is InChI=1S/C35H48N2O5.C4H6O6.CH4/c1-33(2,3)42-32(39)37(30-22-29(30)28-14-9-6-10-15-28)24-34(26-40-4)18-20-36(21-19-34)25-35(16-11-17-35)31(38)41-23-27-12-7-5-8-13-27;5-1(3(7)8)2(6)4(9)10;/h5-10,12-15,29-30H,11,16-26H2,1-4H3;1-2,5-6H,(H,7,8)(H,9,10);1H4/t29-,30?;1-,2-;/m01./s1. The molecule has 0 aromatic heterocycles. The number of ether oxygens (including phenoxy) is 3. The molecule has 0 bridgehead atoms. The molecule has 4 atom stereocenters. The molecule has 3 fully saturated rings. The van der Waals surface area contributed by atoms with E-state index in [1.54, 1.807) is 7.11 Å². The Morgan fingerprint density at radius 3 is 1.91 bits per heavy atom. The van der Waals surface area contributed by atoms with E-state index in [2.05, 4.69) is 29.2 Å². The highest BCUT2D eigenvalue weighted by Crippen LogP contribution is 2.48. The third kappa shape index (κ3) is 12.0. The number of hydrogen-bond donors (Lipinski definition) is 4. The van der Waals surface area contributed by atoms with Gasteiger partial charge in [-0.05, 0) is 77.1 Å². The summed E-state index contributed by atoms with van der Waals surface area (Å²) in [6, 6.07) is 20.5. The molecular weight excluding hydrogens is 684 g/mol. The van der Waals surface area contributed by atoms with Gasteiger partial charge in [-0.2, -0.15) is 0 Å². The lowest BCUT2D eigenvalue weighted by atomic mass is 9.67. The normalized spacial score (nSPS) is 21.2. The van der Waals surface area contributed by atoms with Crippen molar-refractivity contribution in [2.45, 2.75) is 103 Å². The van der Waals surface area contributed by atoms with Crippen molar-refractivity contribution in [3.8, 4) is 0 Å². The van der Waals surface area contributed by atoms with Gasteiger partial charge in [-0.3, -0.25) is 4.79 Å². The Morgan fingerprint density at radius 1 is 0.887 bits per heavy atom. The lowest BCUT2D eigenvalue weighted by Crippen LogP contribution is -2.54. The van der Waals surface area contributed by atoms with Crippen molar-refractivity contribution >= 4 is 24.0 Å². The molecule has 4 N–H and O–H groups in total. The number of carbonyl (C=O) groups excluding carboxylic acids is 2. The summed E-state index contributed by atoms with van der Waals surface area (Å²) >= 11 is 0. The number of carbonyl (C=O) groups is 4. The number of benzene rings is 2. The predicted molar refractivity (Wildman–Crippen MR) is 197 cm³/mol. The smallest absolute Gasteiger partial charge is 0.410 e. The number of amides is 1. The van der Waals surface area contributed by atoms with Crippen molar-refractivity contribution in [3.63, 3.8) is 0 Å². The Hall–Kier alpha value is -4.04. The maximum atomic E-state index is 13.6. The fourth-order valence-corrected chi connectivity index (χ4v) is 7.03. The van der Waals surface area contributed by atoms with Crippen molar-refractivity contribution in [2.75, 3.05) is 39.9 Å². The summed E-state index contributed by atoms with van der Waals surface area (Å²) in [7, 11) is 1.75. The number of nitrogens with zero attached hydrogens (tertiary/aromatic N) is 2. The van der Waals surface area contributed by atoms with Crippen molar-refractivity contribution in [3.05, 3.63) is 71.8 Å². The number of carboxylic acids is 2. The number of piperidine rings is 1. The number of esters is 1. The summed E-state index contributed by atoms with van der Waals surface area (Å²) in [5.41, 5.74) is 1.16. The Balaban J connectivity index is 0.000000604. The summed E-state index contributed by atoms with van der Waals surface area (Å²) < 4.78 is 17.5. The first-order chi connectivity index (χ1) is 24.6. The lowest BCUT2D eigenvalue weighted by molar-refractivity contribution is -0.165. The van der Waals surface area contributed by atoms with Crippen molar-refractivity contribution in [1.29, 1.82) is 0 Å². The third-order valence-electron chi connectivity index (χ3n) is 10.2. The maximum absolute atomic E-state index is 13.6. The van der Waals surface area contributed by atoms with Crippen LogP contribution in [-0.4, -0.2) is 118 Å². The lowest BCUT2D eigenvalue weighted by Gasteiger charge is -2.48. The zero-order valence-corrected chi connectivity index (χ0v) is 30.6. The minimum Gasteiger partial charge on any atom is -0.479 e. The Morgan fingerprint density at radius 2 is 1.43 bits per heavy atom. The average molecular weight is 743 g/mol. The van der Waals surface area contributed by atoms with Crippen LogP contribution in [0.3, 0.4) is 0 Å². The van der Waals surface area contributed by atoms with Crippen LogP contribution in [0.15, 0.2) is 60.7 Å². The Labute approximate surface area is 312 Å². The van der Waals surface area contributed by atoms with Gasteiger partial charge in [-0.1, -0.05) is 74.5 Å². The molecule has 53 heavy (non-hydrogen) atoms. The van der Waals surface area contributed by atoms with Gasteiger partial charge in [-0.15, -0.1) is 0 Å². The number of hydrogen-bond acceptors (Lipinski definition) is 10. The zero-order chi connectivity index (χ0) is 38.1. The van der Waals surface area contributed by atoms with E-state index >= 15 is 0 Å². The van der Waals surface area contributed by atoms with Gasteiger partial charge in [-0.25, -0.2) is 14.4 Å². The van der Waals surface area contributed by atoms with E-state index in [1.165, 1.54) is 5.56 Å². The van der Waals surface area contributed by atoms with Crippen LogP contribution in [0.1, 0.15) is 83.8 Å². The van der Waals surface area contributed by atoms with Crippen molar-refractivity contribution in [1.82, 2.24) is 9.80 Å². The monoisotopic (exact) mass is 742 g/mol. The third-order valence-corrected chi connectivity index (χ3v) is 10.2. The van der Waals surface area contributed by atoms with E-state index < -0.39 is 35.2 Å². The molecule has 1 aliphatic heterocycles. The molecule has 5 rings (SSSR count). The number of likely N-dealkylation sites (tertiary alicyclic amines) is 1. The van der Waals surface area contributed by atoms with E-state index in [1.807, 2.05) is 62.1 Å². The number of rotatable bonds is 14. The van der Waals surface area contributed by atoms with Crippen LogP contribution in [0.25, 0.3) is 0 Å². The SMILES string of the molecule is C.COCC1(CN(C(=O)OC(C)(C)C)C2C[C@H]2c2ccccc2)CCN(CC2(C(=O)OCc3ccccc3)CCC2)CC1.O=C(O)[C@H](O)[C@@H](O)C(=O)O. The van der Waals surface area contributed by atoms with Gasteiger partial charge in [0.2, 0.25) is 0 Å². The number of aliphatic carboxylic acids is 2. The molecule has 1 unspecified atom stereocenters. The van der Waals surface area contributed by atoms with E-state index in [0.717, 1.165) is 63.7 Å². The van der Waals surface area contributed by atoms with E-state index in [-0.39, 0.29) is 30.9 Å². The van der Waals surface area contributed by atoms with Crippen molar-refractivity contribution in [2.24, 2.45) is 10.8 Å². The molecule has 3 aliphatic rings. The summed E-state index contributed by atoms with van der Waals surface area (Å²) in [5, 5.41) is 32.5. The molecular formula is C40H58N2O11. The van der Waals surface area contributed by atoms with E-state index in [0.29, 0.717) is 25.7 Å². The number of aliphatic hydroxyl groups excluding tert-OH is 2. The number of carboxylic acid groups (broad SMARTS) is 2. The molecule has 1 heterocycles. The highest BCUT2D eigenvalue weighted by molar-refractivity contribution is 5.83. The molecule has 13 nitrogen and oxygen atoms in total. The Kier molecular flexibility index (Phi) is 15.4. The first-order valence-corrected chi connectivity index (χ1v) is 17.9. The molecule has 1 amide bonds. The molecule has 294 valence electrons. The van der Waals surface area contributed by atoms with Gasteiger partial charge in [0.25, 0.3) is 0 Å². The molecule has 2 saturated carbocycles. The quantitative estimate of drug-likeness (QED) is 0.192. The molecule has 0 spiro atoms. The first-order valence-electron chi connectivity index (χ1n) is 17.9. The molecule has 2 aliphatic carbocycles. The molecule has 13 heteroatoms. The maximum Gasteiger partial charge on any atom is 0.410 e. The summed E-state index contributed by atoms with van der Waals surface area (Å²) in [6.07, 6.45) is 0.817. The molecule has 2 aromatic carbocycles. The molecule has 0 radical (unpaired) electrons. The van der Waals surface area contributed by atoms with Crippen LogP contribution in [0.2, 0.25) is 0 Å². The van der Waals surface area contributed by atoms with Crippen LogP contribution in [-0.2, 0) is 35.2 Å². The van der Waals surface area contributed by atoms with Gasteiger partial charge in [0.15, 0.2) is 12.2 Å². The highest BCUT2D eigenvalue weighted by Gasteiger charge is 2.51. The minimum atomic E-state index is -2.27. The van der Waals surface area contributed by atoms with Gasteiger partial charge in [0.1, 0.15) is 12.2 Å². The van der Waals surface area contributed by atoms with Crippen LogP contribution >= 0.6 is 0 Å². The minimum absolute atomic E-state index is 0. The zero-order valence-electron chi connectivity index (χ0n) is 30.6.